The molecule has 0 aromatic carbocycles. The zero-order valence-electron chi connectivity index (χ0n) is 7.17. The Hall–Kier alpha value is -1.08. The number of aromatic nitrogens is 5. The Balaban J connectivity index is 2.18. The van der Waals surface area contributed by atoms with E-state index in [0.717, 1.165) is 11.5 Å². The Kier molecular flexibility index (Phi) is 1.74. The van der Waals surface area contributed by atoms with Gasteiger partial charge < -0.3 is 0 Å². The van der Waals surface area contributed by atoms with Gasteiger partial charge in [-0.1, -0.05) is 4.49 Å². The van der Waals surface area contributed by atoms with E-state index in [2.05, 4.69) is 19.8 Å². The zero-order chi connectivity index (χ0) is 9.54. The number of aromatic amines is 1. The molecule has 1 fully saturated rings. The number of nitrogens with zero attached hydrogens (tertiary/aromatic N) is 4. The van der Waals surface area contributed by atoms with Gasteiger partial charge in [0.15, 0.2) is 10.6 Å². The van der Waals surface area contributed by atoms with Crippen molar-refractivity contribution >= 4 is 23.8 Å². The number of nitrogens with one attached hydrogen (secondary N) is 1. The summed E-state index contributed by atoms with van der Waals surface area (Å²) >= 11 is 6.49. The Morgan fingerprint density at radius 3 is 3.07 bits per heavy atom. The Morgan fingerprint density at radius 1 is 1.57 bits per heavy atom. The molecule has 1 saturated carbocycles. The third kappa shape index (κ3) is 1.20. The summed E-state index contributed by atoms with van der Waals surface area (Å²) in [6.45, 7) is 0. The number of rotatable bonds is 2. The van der Waals surface area contributed by atoms with E-state index in [-0.39, 0.29) is 0 Å². The number of hydrogen-bond donors (Lipinski definition) is 1. The normalized spacial score (nSPS) is 16.0. The van der Waals surface area contributed by atoms with Crippen molar-refractivity contribution in [3.63, 3.8) is 0 Å². The maximum absolute atomic E-state index is 5.16. The third-order valence-electron chi connectivity index (χ3n) is 2.21. The van der Waals surface area contributed by atoms with Gasteiger partial charge in [0.25, 0.3) is 0 Å². The number of hydrogen-bond acceptors (Lipinski definition) is 5. The van der Waals surface area contributed by atoms with E-state index in [1.807, 2.05) is 9.95 Å². The largest absolute Gasteiger partial charge is 0.296 e. The molecule has 2 heterocycles. The molecule has 0 saturated heterocycles. The van der Waals surface area contributed by atoms with Crippen LogP contribution in [0.2, 0.25) is 0 Å². The van der Waals surface area contributed by atoms with Crippen LogP contribution in [0.15, 0.2) is 5.38 Å². The van der Waals surface area contributed by atoms with Crippen LogP contribution >= 0.6 is 23.8 Å². The van der Waals surface area contributed by atoms with Crippen molar-refractivity contribution in [2.45, 2.75) is 18.9 Å². The lowest BCUT2D eigenvalue weighted by Crippen LogP contribution is -1.97. The molecule has 5 nitrogen and oxygen atoms in total. The molecule has 0 aliphatic heterocycles. The van der Waals surface area contributed by atoms with Crippen LogP contribution in [0.4, 0.5) is 0 Å². The Morgan fingerprint density at radius 2 is 2.43 bits per heavy atom. The highest BCUT2D eigenvalue weighted by atomic mass is 32.1. The highest BCUT2D eigenvalue weighted by Crippen LogP contribution is 2.37. The fraction of sp³-hybridized carbons (Fsp3) is 0.429. The van der Waals surface area contributed by atoms with Crippen molar-refractivity contribution < 1.29 is 0 Å². The molecular weight excluding hydrogens is 218 g/mol. The number of H-pyrrole nitrogens is 1. The maximum Gasteiger partial charge on any atom is 0.195 e. The van der Waals surface area contributed by atoms with Gasteiger partial charge in [-0.15, -0.1) is 5.10 Å². The molecule has 14 heavy (non-hydrogen) atoms. The second-order valence-electron chi connectivity index (χ2n) is 3.24. The first kappa shape index (κ1) is 8.25. The van der Waals surface area contributed by atoms with Crippen LogP contribution in [-0.4, -0.2) is 24.4 Å². The van der Waals surface area contributed by atoms with Crippen molar-refractivity contribution in [1.82, 2.24) is 24.4 Å². The molecule has 1 aliphatic carbocycles. The van der Waals surface area contributed by atoms with E-state index in [4.69, 9.17) is 12.2 Å². The maximum atomic E-state index is 5.16. The van der Waals surface area contributed by atoms with E-state index in [0.29, 0.717) is 10.8 Å². The summed E-state index contributed by atoms with van der Waals surface area (Å²) in [6, 6.07) is 0.512. The molecule has 2 aromatic rings. The van der Waals surface area contributed by atoms with Crippen molar-refractivity contribution in [1.29, 1.82) is 0 Å². The molecule has 0 bridgehead atoms. The van der Waals surface area contributed by atoms with Crippen LogP contribution in [0, 0.1) is 4.77 Å². The lowest BCUT2D eigenvalue weighted by atomic mass is 10.4. The minimum absolute atomic E-state index is 0.512. The zero-order valence-corrected chi connectivity index (χ0v) is 8.81. The summed E-state index contributed by atoms with van der Waals surface area (Å²) in [4.78, 5) is 0. The molecule has 0 spiro atoms. The molecule has 1 aliphatic rings. The molecule has 72 valence electrons. The molecule has 2 aromatic heterocycles. The van der Waals surface area contributed by atoms with Crippen LogP contribution in [-0.2, 0) is 0 Å². The average molecular weight is 225 g/mol. The molecule has 0 amide bonds. The van der Waals surface area contributed by atoms with Crippen LogP contribution in [0.25, 0.3) is 11.5 Å². The van der Waals surface area contributed by atoms with Gasteiger partial charge in [0, 0.05) is 11.4 Å². The topological polar surface area (TPSA) is 59.4 Å². The fourth-order valence-electron chi connectivity index (χ4n) is 1.42. The smallest absolute Gasteiger partial charge is 0.195 e. The van der Waals surface area contributed by atoms with Crippen LogP contribution in [0.5, 0.6) is 0 Å². The first-order valence-electron chi connectivity index (χ1n) is 4.30. The average Bonchev–Trinajstić information content (AvgIpc) is 2.75. The predicted molar refractivity (Wildman–Crippen MR) is 54.6 cm³/mol. The summed E-state index contributed by atoms with van der Waals surface area (Å²) in [5.41, 5.74) is 0.800. The summed E-state index contributed by atoms with van der Waals surface area (Å²) in [5.74, 6) is 0.811. The minimum Gasteiger partial charge on any atom is -0.296 e. The summed E-state index contributed by atoms with van der Waals surface area (Å²) < 4.78 is 6.53. The summed E-state index contributed by atoms with van der Waals surface area (Å²) in [6.07, 6.45) is 2.36. The van der Waals surface area contributed by atoms with E-state index in [9.17, 15) is 0 Å². The summed E-state index contributed by atoms with van der Waals surface area (Å²) in [5, 5.41) is 12.8. The first-order valence-corrected chi connectivity index (χ1v) is 5.55. The van der Waals surface area contributed by atoms with Crippen molar-refractivity contribution in [3.8, 4) is 11.5 Å². The highest BCUT2D eigenvalue weighted by molar-refractivity contribution is 7.71. The minimum atomic E-state index is 0.512. The van der Waals surface area contributed by atoms with Gasteiger partial charge in [0.2, 0.25) is 0 Å². The molecular formula is C7H7N5S2. The predicted octanol–water partition coefficient (Wildman–Crippen LogP) is 1.79. The molecule has 7 heteroatoms. The molecule has 1 N–H and O–H groups in total. The quantitative estimate of drug-likeness (QED) is 0.792. The van der Waals surface area contributed by atoms with Gasteiger partial charge in [-0.25, -0.2) is 0 Å². The molecule has 0 atom stereocenters. The molecule has 0 unspecified atom stereocenters. The van der Waals surface area contributed by atoms with Gasteiger partial charge >= 0.3 is 0 Å². The second kappa shape index (κ2) is 2.96. The van der Waals surface area contributed by atoms with E-state index in [1.165, 1.54) is 24.4 Å². The molecule has 3 rings (SSSR count). The summed E-state index contributed by atoms with van der Waals surface area (Å²) in [7, 11) is 0. The molecule has 0 radical (unpaired) electrons. The van der Waals surface area contributed by atoms with Gasteiger partial charge in [-0.2, -0.15) is 5.10 Å². The van der Waals surface area contributed by atoms with Gasteiger partial charge in [-0.3, -0.25) is 9.67 Å². The van der Waals surface area contributed by atoms with Crippen molar-refractivity contribution in [2.24, 2.45) is 0 Å². The van der Waals surface area contributed by atoms with Gasteiger partial charge in [-0.05, 0) is 36.6 Å². The van der Waals surface area contributed by atoms with Crippen molar-refractivity contribution in [2.75, 3.05) is 0 Å². The van der Waals surface area contributed by atoms with Gasteiger partial charge in [0.05, 0.1) is 0 Å². The van der Waals surface area contributed by atoms with Crippen LogP contribution in [0.1, 0.15) is 18.9 Å². The lowest BCUT2D eigenvalue weighted by molar-refractivity contribution is 0.732. The van der Waals surface area contributed by atoms with Crippen LogP contribution in [0.3, 0.4) is 0 Å². The van der Waals surface area contributed by atoms with Crippen LogP contribution < -0.4 is 0 Å². The highest BCUT2D eigenvalue weighted by Gasteiger charge is 2.28. The van der Waals surface area contributed by atoms with Crippen molar-refractivity contribution in [3.05, 3.63) is 10.2 Å². The first-order chi connectivity index (χ1) is 6.86. The lowest BCUT2D eigenvalue weighted by Gasteiger charge is -2.00. The van der Waals surface area contributed by atoms with E-state index >= 15 is 0 Å². The SMILES string of the molecule is S=c1[nH]nc(-c2csnn2)n1C1CC1. The van der Waals surface area contributed by atoms with Gasteiger partial charge in [0.1, 0.15) is 5.69 Å². The standard InChI is InChI=1S/C7H7N5S2/c13-7-10-9-6(5-3-14-11-8-5)12(7)4-1-2-4/h3-4H,1-2H2,(H,10,13). The Bertz CT molecular complexity index is 492. The van der Waals surface area contributed by atoms with E-state index in [1.54, 1.807) is 0 Å². The second-order valence-corrected chi connectivity index (χ2v) is 4.24. The monoisotopic (exact) mass is 225 g/mol. The fourth-order valence-corrected chi connectivity index (χ4v) is 2.13. The Labute approximate surface area is 89.0 Å². The van der Waals surface area contributed by atoms with E-state index < -0.39 is 0 Å². The third-order valence-corrected chi connectivity index (χ3v) is 3.00.